The van der Waals surface area contributed by atoms with Crippen LogP contribution < -0.4 is 0 Å². The van der Waals surface area contributed by atoms with E-state index >= 15 is 0 Å². The third kappa shape index (κ3) is 5.30. The van der Waals surface area contributed by atoms with Crippen molar-refractivity contribution in [1.82, 2.24) is 14.9 Å². The van der Waals surface area contributed by atoms with E-state index in [9.17, 15) is 9.90 Å². The first-order valence-electron chi connectivity index (χ1n) is 11.6. The lowest BCUT2D eigenvalue weighted by molar-refractivity contribution is -0.104. The molecule has 6 nitrogen and oxygen atoms in total. The van der Waals surface area contributed by atoms with Crippen molar-refractivity contribution in [3.05, 3.63) is 129 Å². The molecular formula is C29H27Cl2N3O3. The second kappa shape index (κ2) is 11.1. The maximum Gasteiger partial charge on any atom is 0.174 e. The molecule has 0 aliphatic heterocycles. The SMILES string of the molecule is CO[C@](c1ccc(Cl)cc1)(c1ccc(C(C)(O)c2cccnc2)cc1C=O)N(C)Cc1ccc(Cl)cn1. The van der Waals surface area contributed by atoms with Gasteiger partial charge in [-0.3, -0.25) is 19.7 Å². The van der Waals surface area contributed by atoms with Crippen molar-refractivity contribution in [2.45, 2.75) is 24.8 Å². The lowest BCUT2D eigenvalue weighted by atomic mass is 9.83. The summed E-state index contributed by atoms with van der Waals surface area (Å²) >= 11 is 12.2. The van der Waals surface area contributed by atoms with Crippen LogP contribution in [0.3, 0.4) is 0 Å². The van der Waals surface area contributed by atoms with Crippen molar-refractivity contribution in [3.63, 3.8) is 0 Å². The Hall–Kier alpha value is -3.13. The maximum absolute atomic E-state index is 12.5. The molecule has 0 amide bonds. The van der Waals surface area contributed by atoms with Crippen LogP contribution in [0.2, 0.25) is 10.0 Å². The van der Waals surface area contributed by atoms with Gasteiger partial charge in [0, 0.05) is 59.5 Å². The van der Waals surface area contributed by atoms with E-state index in [4.69, 9.17) is 27.9 Å². The molecule has 4 aromatic rings. The number of benzene rings is 2. The predicted molar refractivity (Wildman–Crippen MR) is 145 cm³/mol. The van der Waals surface area contributed by atoms with E-state index < -0.39 is 11.3 Å². The molecule has 2 aromatic heterocycles. The number of hydrogen-bond donors (Lipinski definition) is 1. The summed E-state index contributed by atoms with van der Waals surface area (Å²) < 4.78 is 6.26. The van der Waals surface area contributed by atoms with Crippen LogP contribution in [0.1, 0.15) is 45.2 Å². The number of carbonyl (C=O) groups excluding carboxylic acids is 1. The summed E-state index contributed by atoms with van der Waals surface area (Å²) in [6.07, 6.45) is 5.61. The molecule has 0 spiro atoms. The van der Waals surface area contributed by atoms with Gasteiger partial charge < -0.3 is 9.84 Å². The van der Waals surface area contributed by atoms with Gasteiger partial charge >= 0.3 is 0 Å². The van der Waals surface area contributed by atoms with Gasteiger partial charge in [0.05, 0.1) is 10.7 Å². The number of aliphatic hydroxyl groups is 1. The number of hydrogen-bond acceptors (Lipinski definition) is 6. The fraction of sp³-hybridized carbons (Fsp3) is 0.207. The summed E-state index contributed by atoms with van der Waals surface area (Å²) in [5, 5.41) is 12.5. The first-order valence-corrected chi connectivity index (χ1v) is 12.3. The Bertz CT molecular complexity index is 1360. The van der Waals surface area contributed by atoms with Crippen molar-refractivity contribution in [2.24, 2.45) is 0 Å². The van der Waals surface area contributed by atoms with Gasteiger partial charge in [-0.25, -0.2) is 0 Å². The van der Waals surface area contributed by atoms with Gasteiger partial charge in [-0.05, 0) is 55.9 Å². The average molecular weight is 536 g/mol. The molecular weight excluding hydrogens is 509 g/mol. The van der Waals surface area contributed by atoms with Crippen molar-refractivity contribution < 1.29 is 14.6 Å². The van der Waals surface area contributed by atoms with Crippen LogP contribution in [-0.2, 0) is 22.6 Å². The van der Waals surface area contributed by atoms with Gasteiger partial charge in [0.1, 0.15) is 5.60 Å². The summed E-state index contributed by atoms with van der Waals surface area (Å²) in [7, 11) is 3.48. The molecule has 0 aliphatic carbocycles. The Morgan fingerprint density at radius 1 is 0.973 bits per heavy atom. The fourth-order valence-corrected chi connectivity index (χ4v) is 4.82. The molecule has 0 bridgehead atoms. The van der Waals surface area contributed by atoms with Crippen LogP contribution in [0.5, 0.6) is 0 Å². The monoisotopic (exact) mass is 535 g/mol. The number of nitrogens with zero attached hydrogens (tertiary/aromatic N) is 3. The molecule has 1 unspecified atom stereocenters. The minimum absolute atomic E-state index is 0.370. The standard InChI is InChI=1S/C29H27Cl2N3O3/c1-28(36,23-5-4-14-32-16-23)22-8-13-27(20(15-22)19-35)29(37-3,21-6-9-24(30)10-7-21)34(2)18-26-12-11-25(31)17-33-26/h4-17,19,36H,18H2,1-3H3/t28?,29-/m1/s1. The predicted octanol–water partition coefficient (Wildman–Crippen LogP) is 5.83. The van der Waals surface area contributed by atoms with E-state index in [0.717, 1.165) is 17.5 Å². The molecule has 2 atom stereocenters. The van der Waals surface area contributed by atoms with Crippen molar-refractivity contribution in [2.75, 3.05) is 14.2 Å². The smallest absolute Gasteiger partial charge is 0.174 e. The molecule has 190 valence electrons. The van der Waals surface area contributed by atoms with Crippen LogP contribution in [0.25, 0.3) is 0 Å². The zero-order valence-corrected chi connectivity index (χ0v) is 22.2. The Morgan fingerprint density at radius 3 is 2.27 bits per heavy atom. The Labute approximate surface area is 226 Å². The molecule has 0 aliphatic rings. The quantitative estimate of drug-likeness (QED) is 0.214. The van der Waals surface area contributed by atoms with Gasteiger partial charge in [-0.2, -0.15) is 0 Å². The zero-order valence-electron chi connectivity index (χ0n) is 20.7. The fourth-order valence-electron chi connectivity index (χ4n) is 4.58. The van der Waals surface area contributed by atoms with E-state index in [1.807, 2.05) is 36.2 Å². The molecule has 2 aromatic carbocycles. The van der Waals surface area contributed by atoms with Gasteiger partial charge in [-0.1, -0.05) is 53.5 Å². The molecule has 0 fully saturated rings. The molecule has 4 rings (SSSR count). The maximum atomic E-state index is 12.5. The number of aldehydes is 1. The zero-order chi connectivity index (χ0) is 26.6. The first kappa shape index (κ1) is 26.9. The van der Waals surface area contributed by atoms with E-state index in [2.05, 4.69) is 9.97 Å². The van der Waals surface area contributed by atoms with Crippen LogP contribution in [-0.4, -0.2) is 40.4 Å². The van der Waals surface area contributed by atoms with Crippen LogP contribution in [0, 0.1) is 0 Å². The minimum Gasteiger partial charge on any atom is -0.381 e. The van der Waals surface area contributed by atoms with Crippen LogP contribution in [0.4, 0.5) is 0 Å². The normalized spacial score (nSPS) is 14.7. The lowest BCUT2D eigenvalue weighted by Crippen LogP contribution is -2.47. The number of carbonyl (C=O) groups is 1. The number of halogens is 2. The van der Waals surface area contributed by atoms with Crippen LogP contribution >= 0.6 is 23.2 Å². The molecule has 1 N–H and O–H groups in total. The molecule has 2 heterocycles. The number of rotatable bonds is 9. The van der Waals surface area contributed by atoms with Crippen molar-refractivity contribution in [3.8, 4) is 0 Å². The molecule has 37 heavy (non-hydrogen) atoms. The first-order chi connectivity index (χ1) is 17.7. The Balaban J connectivity index is 1.87. The average Bonchev–Trinajstić information content (AvgIpc) is 2.92. The Morgan fingerprint density at radius 2 is 1.68 bits per heavy atom. The lowest BCUT2D eigenvalue weighted by Gasteiger charge is -2.42. The number of pyridine rings is 2. The highest BCUT2D eigenvalue weighted by Crippen LogP contribution is 2.40. The van der Waals surface area contributed by atoms with E-state index in [0.29, 0.717) is 38.8 Å². The highest BCUT2D eigenvalue weighted by molar-refractivity contribution is 6.30. The highest BCUT2D eigenvalue weighted by atomic mass is 35.5. The number of methoxy groups -OCH3 is 1. The van der Waals surface area contributed by atoms with Crippen molar-refractivity contribution in [1.29, 1.82) is 0 Å². The van der Waals surface area contributed by atoms with E-state index in [1.165, 1.54) is 0 Å². The number of ether oxygens (including phenoxy) is 1. The minimum atomic E-state index is -1.36. The number of aromatic nitrogens is 2. The third-order valence-corrected chi connectivity index (χ3v) is 7.06. The van der Waals surface area contributed by atoms with Gasteiger partial charge in [-0.15, -0.1) is 0 Å². The van der Waals surface area contributed by atoms with E-state index in [-0.39, 0.29) is 0 Å². The van der Waals surface area contributed by atoms with Gasteiger partial charge in [0.2, 0.25) is 0 Å². The molecule has 0 saturated heterocycles. The molecule has 8 heteroatoms. The summed E-state index contributed by atoms with van der Waals surface area (Å²) in [6.45, 7) is 2.07. The third-order valence-electron chi connectivity index (χ3n) is 6.59. The summed E-state index contributed by atoms with van der Waals surface area (Å²) in [5.74, 6) is 0. The van der Waals surface area contributed by atoms with E-state index in [1.54, 1.807) is 75.1 Å². The second-order valence-corrected chi connectivity index (χ2v) is 9.79. The molecule has 0 saturated carbocycles. The largest absolute Gasteiger partial charge is 0.381 e. The summed E-state index contributed by atoms with van der Waals surface area (Å²) in [6, 6.07) is 19.8. The second-order valence-electron chi connectivity index (χ2n) is 8.91. The van der Waals surface area contributed by atoms with Crippen LogP contribution in [0.15, 0.2) is 85.3 Å². The Kier molecular flexibility index (Phi) is 8.07. The topological polar surface area (TPSA) is 75.6 Å². The van der Waals surface area contributed by atoms with Crippen molar-refractivity contribution >= 4 is 29.5 Å². The molecule has 0 radical (unpaired) electrons. The highest BCUT2D eigenvalue weighted by Gasteiger charge is 2.41. The van der Waals surface area contributed by atoms with Gasteiger partial charge in [0.15, 0.2) is 12.0 Å². The van der Waals surface area contributed by atoms with Gasteiger partial charge in [0.25, 0.3) is 0 Å². The summed E-state index contributed by atoms with van der Waals surface area (Å²) in [4.78, 5) is 23.0. The summed E-state index contributed by atoms with van der Waals surface area (Å²) in [5.41, 5.74) is 1.14.